The molecule has 1 aromatic heterocycles. The highest BCUT2D eigenvalue weighted by Crippen LogP contribution is 2.26. The molecule has 140 valence electrons. The van der Waals surface area contributed by atoms with Gasteiger partial charge in [0.15, 0.2) is 17.3 Å². The summed E-state index contributed by atoms with van der Waals surface area (Å²) in [7, 11) is 1.47. The maximum atomic E-state index is 12.2. The van der Waals surface area contributed by atoms with Crippen molar-refractivity contribution in [2.24, 2.45) is 0 Å². The molecule has 0 bridgehead atoms. The number of methoxy groups -OCH3 is 1. The Bertz CT molecular complexity index is 938. The average molecular weight is 432 g/mol. The highest BCUT2D eigenvalue weighted by atomic mass is 79.9. The fourth-order valence-electron chi connectivity index (χ4n) is 2.39. The Morgan fingerprint density at radius 1 is 1.19 bits per heavy atom. The molecule has 27 heavy (non-hydrogen) atoms. The first-order chi connectivity index (χ1) is 13.0. The molecule has 7 heteroatoms. The minimum absolute atomic E-state index is 0.0497. The summed E-state index contributed by atoms with van der Waals surface area (Å²) in [6.07, 6.45) is 0. The van der Waals surface area contributed by atoms with Crippen LogP contribution < -0.4 is 14.8 Å². The van der Waals surface area contributed by atoms with Crippen LogP contribution in [0.4, 0.5) is 0 Å². The smallest absolute Gasteiger partial charge is 0.287 e. The molecule has 1 heterocycles. The molecule has 2 aromatic carbocycles. The number of benzene rings is 2. The van der Waals surface area contributed by atoms with Gasteiger partial charge >= 0.3 is 0 Å². The molecule has 3 rings (SSSR count). The van der Waals surface area contributed by atoms with Crippen LogP contribution in [0.3, 0.4) is 0 Å². The fraction of sp³-hybridized carbons (Fsp3) is 0.150. The highest BCUT2D eigenvalue weighted by molar-refractivity contribution is 9.10. The van der Waals surface area contributed by atoms with Crippen molar-refractivity contribution in [2.45, 2.75) is 13.2 Å². The molecule has 0 saturated carbocycles. The molecule has 0 unspecified atom stereocenters. The second kappa shape index (κ2) is 8.64. The highest BCUT2D eigenvalue weighted by Gasteiger charge is 2.12. The van der Waals surface area contributed by atoms with E-state index >= 15 is 0 Å². The van der Waals surface area contributed by atoms with Gasteiger partial charge in [0.2, 0.25) is 0 Å². The van der Waals surface area contributed by atoms with Crippen LogP contribution in [0.5, 0.6) is 17.2 Å². The van der Waals surface area contributed by atoms with Gasteiger partial charge in [-0.2, -0.15) is 0 Å². The molecule has 0 atom stereocenters. The fourth-order valence-corrected chi connectivity index (χ4v) is 2.77. The van der Waals surface area contributed by atoms with Crippen molar-refractivity contribution in [1.29, 1.82) is 0 Å². The van der Waals surface area contributed by atoms with Crippen molar-refractivity contribution in [1.82, 2.24) is 5.32 Å². The van der Waals surface area contributed by atoms with Crippen molar-refractivity contribution in [3.8, 4) is 17.2 Å². The summed E-state index contributed by atoms with van der Waals surface area (Å²) in [4.78, 5) is 12.2. The number of hydrogen-bond donors (Lipinski definition) is 2. The van der Waals surface area contributed by atoms with Crippen molar-refractivity contribution < 1.29 is 23.8 Å². The third-order valence-corrected chi connectivity index (χ3v) is 4.25. The van der Waals surface area contributed by atoms with Crippen molar-refractivity contribution >= 4 is 21.8 Å². The summed E-state index contributed by atoms with van der Waals surface area (Å²) in [6.45, 7) is 0.499. The van der Waals surface area contributed by atoms with Gasteiger partial charge in [-0.25, -0.2) is 0 Å². The van der Waals surface area contributed by atoms with Crippen LogP contribution in [0.2, 0.25) is 0 Å². The number of ether oxygens (including phenoxy) is 2. The Balaban J connectivity index is 1.55. The molecule has 6 nitrogen and oxygen atoms in total. The van der Waals surface area contributed by atoms with Crippen LogP contribution in [-0.2, 0) is 13.2 Å². The van der Waals surface area contributed by atoms with E-state index in [2.05, 4.69) is 21.2 Å². The third-order valence-electron chi connectivity index (χ3n) is 3.76. The number of carbonyl (C=O) groups is 1. The molecule has 0 radical (unpaired) electrons. The number of halogens is 1. The standard InChI is InChI=1S/C20H18BrNO5/c1-25-19-9-13(5-7-17(19)23)11-22-20(24)18-8-6-16(27-18)12-26-15-4-2-3-14(21)10-15/h2-10,23H,11-12H2,1H3,(H,22,24). The number of phenols is 1. The van der Waals surface area contributed by atoms with Crippen LogP contribution in [0, 0.1) is 0 Å². The van der Waals surface area contributed by atoms with E-state index in [4.69, 9.17) is 13.9 Å². The predicted octanol–water partition coefficient (Wildman–Crippen LogP) is 4.27. The Kier molecular flexibility index (Phi) is 6.03. The Hall–Kier alpha value is -2.93. The number of aromatic hydroxyl groups is 1. The summed E-state index contributed by atoms with van der Waals surface area (Å²) < 4.78 is 17.2. The summed E-state index contributed by atoms with van der Waals surface area (Å²) in [6, 6.07) is 15.7. The van der Waals surface area contributed by atoms with E-state index in [1.54, 1.807) is 24.3 Å². The first kappa shape index (κ1) is 18.8. The molecule has 0 aliphatic rings. The van der Waals surface area contributed by atoms with E-state index in [0.717, 1.165) is 10.0 Å². The van der Waals surface area contributed by atoms with Crippen molar-refractivity contribution in [3.63, 3.8) is 0 Å². The van der Waals surface area contributed by atoms with Gasteiger partial charge in [-0.1, -0.05) is 28.1 Å². The Morgan fingerprint density at radius 2 is 2.04 bits per heavy atom. The number of amides is 1. The average Bonchev–Trinajstić information content (AvgIpc) is 3.15. The maximum absolute atomic E-state index is 12.2. The SMILES string of the molecule is COc1cc(CNC(=O)c2ccc(COc3cccc(Br)c3)o2)ccc1O. The molecule has 0 aliphatic heterocycles. The molecule has 1 amide bonds. The summed E-state index contributed by atoms with van der Waals surface area (Å²) in [5.74, 6) is 1.52. The van der Waals surface area contributed by atoms with Gasteiger partial charge < -0.3 is 24.3 Å². The Morgan fingerprint density at radius 3 is 2.81 bits per heavy atom. The monoisotopic (exact) mass is 431 g/mol. The van der Waals surface area contributed by atoms with E-state index in [1.807, 2.05) is 24.3 Å². The Labute approximate surface area is 164 Å². The van der Waals surface area contributed by atoms with Gasteiger partial charge in [-0.3, -0.25) is 4.79 Å². The van der Waals surface area contributed by atoms with E-state index in [-0.39, 0.29) is 30.6 Å². The van der Waals surface area contributed by atoms with Gasteiger partial charge in [0.25, 0.3) is 5.91 Å². The second-order valence-corrected chi connectivity index (χ2v) is 6.62. The number of hydrogen-bond acceptors (Lipinski definition) is 5. The molecular weight excluding hydrogens is 414 g/mol. The van der Waals surface area contributed by atoms with E-state index in [9.17, 15) is 9.90 Å². The van der Waals surface area contributed by atoms with Crippen LogP contribution in [-0.4, -0.2) is 18.1 Å². The number of nitrogens with one attached hydrogen (secondary N) is 1. The predicted molar refractivity (Wildman–Crippen MR) is 103 cm³/mol. The van der Waals surface area contributed by atoms with Crippen LogP contribution >= 0.6 is 15.9 Å². The van der Waals surface area contributed by atoms with Gasteiger partial charge in [-0.15, -0.1) is 0 Å². The number of furan rings is 1. The molecule has 0 saturated heterocycles. The third kappa shape index (κ3) is 5.04. The minimum Gasteiger partial charge on any atom is -0.504 e. The zero-order valence-electron chi connectivity index (χ0n) is 14.6. The minimum atomic E-state index is -0.337. The zero-order chi connectivity index (χ0) is 19.2. The van der Waals surface area contributed by atoms with Gasteiger partial charge in [-0.05, 0) is 48.0 Å². The lowest BCUT2D eigenvalue weighted by molar-refractivity contribution is 0.0919. The largest absolute Gasteiger partial charge is 0.504 e. The maximum Gasteiger partial charge on any atom is 0.287 e. The zero-order valence-corrected chi connectivity index (χ0v) is 16.2. The molecule has 0 aliphatic carbocycles. The molecule has 3 aromatic rings. The first-order valence-electron chi connectivity index (χ1n) is 8.16. The van der Waals surface area contributed by atoms with E-state index < -0.39 is 0 Å². The number of rotatable bonds is 7. The van der Waals surface area contributed by atoms with E-state index in [1.165, 1.54) is 13.2 Å². The summed E-state index contributed by atoms with van der Waals surface area (Å²) >= 11 is 3.38. The number of carbonyl (C=O) groups excluding carboxylic acids is 1. The molecule has 0 fully saturated rings. The molecule has 0 spiro atoms. The van der Waals surface area contributed by atoms with Gasteiger partial charge in [0, 0.05) is 11.0 Å². The lowest BCUT2D eigenvalue weighted by Gasteiger charge is -2.07. The quantitative estimate of drug-likeness (QED) is 0.583. The van der Waals surface area contributed by atoms with Gasteiger partial charge in [0.05, 0.1) is 7.11 Å². The van der Waals surface area contributed by atoms with Crippen LogP contribution in [0.25, 0.3) is 0 Å². The first-order valence-corrected chi connectivity index (χ1v) is 8.95. The van der Waals surface area contributed by atoms with E-state index in [0.29, 0.717) is 17.3 Å². The normalized spacial score (nSPS) is 10.4. The van der Waals surface area contributed by atoms with Crippen LogP contribution in [0.15, 0.2) is 63.5 Å². The van der Waals surface area contributed by atoms with Crippen molar-refractivity contribution in [2.75, 3.05) is 7.11 Å². The second-order valence-electron chi connectivity index (χ2n) is 5.70. The lowest BCUT2D eigenvalue weighted by atomic mass is 10.2. The number of phenolic OH excluding ortho intramolecular Hbond substituents is 1. The summed E-state index contributed by atoms with van der Waals surface area (Å²) in [5, 5.41) is 12.4. The molecule has 2 N–H and O–H groups in total. The van der Waals surface area contributed by atoms with Crippen LogP contribution in [0.1, 0.15) is 21.9 Å². The summed E-state index contributed by atoms with van der Waals surface area (Å²) in [5.41, 5.74) is 0.794. The van der Waals surface area contributed by atoms with Crippen molar-refractivity contribution in [3.05, 3.63) is 76.2 Å². The van der Waals surface area contributed by atoms with Gasteiger partial charge in [0.1, 0.15) is 18.1 Å². The topological polar surface area (TPSA) is 80.9 Å². The molecular formula is C20H18BrNO5. The lowest BCUT2D eigenvalue weighted by Crippen LogP contribution is -2.22.